The van der Waals surface area contributed by atoms with Crippen LogP contribution in [0.15, 0.2) is 35.5 Å². The van der Waals surface area contributed by atoms with Crippen LogP contribution in [0.3, 0.4) is 0 Å². The number of aromatic nitrogens is 4. The molecule has 0 spiro atoms. The van der Waals surface area contributed by atoms with Crippen molar-refractivity contribution in [1.82, 2.24) is 20.2 Å². The molecule has 146 valence electrons. The van der Waals surface area contributed by atoms with E-state index >= 15 is 0 Å². The van der Waals surface area contributed by atoms with E-state index in [-0.39, 0.29) is 11.7 Å². The van der Waals surface area contributed by atoms with Crippen molar-refractivity contribution in [3.05, 3.63) is 52.0 Å². The molecule has 0 fully saturated rings. The molecule has 1 amide bonds. The van der Waals surface area contributed by atoms with Crippen molar-refractivity contribution < 1.29 is 9.53 Å². The van der Waals surface area contributed by atoms with Crippen molar-refractivity contribution in [1.29, 1.82) is 0 Å². The standard InChI is InChI=1S/C19H20ClN5O2S/c1-11-6-5-7-16(13(11)3)25-19(22-23-24-25)28-10-18(26)21-15-8-12(2)14(20)9-17(15)27-4/h5-9H,10H2,1-4H3,(H,21,26). The van der Waals surface area contributed by atoms with Gasteiger partial charge in [0.05, 0.1) is 24.2 Å². The molecule has 2 aromatic carbocycles. The Morgan fingerprint density at radius 2 is 2.04 bits per heavy atom. The lowest BCUT2D eigenvalue weighted by Gasteiger charge is -2.12. The Morgan fingerprint density at radius 1 is 1.25 bits per heavy atom. The van der Waals surface area contributed by atoms with Crippen molar-refractivity contribution >= 4 is 35.0 Å². The number of hydrogen-bond acceptors (Lipinski definition) is 6. The van der Waals surface area contributed by atoms with E-state index in [0.29, 0.717) is 21.6 Å². The zero-order valence-corrected chi connectivity index (χ0v) is 17.6. The Hall–Kier alpha value is -2.58. The summed E-state index contributed by atoms with van der Waals surface area (Å²) in [6.07, 6.45) is 0. The van der Waals surface area contributed by atoms with Crippen molar-refractivity contribution in [3.63, 3.8) is 0 Å². The minimum absolute atomic E-state index is 0.149. The summed E-state index contributed by atoms with van der Waals surface area (Å²) in [7, 11) is 1.53. The highest BCUT2D eigenvalue weighted by Gasteiger charge is 2.15. The Kier molecular flexibility index (Phi) is 6.21. The number of amides is 1. The van der Waals surface area contributed by atoms with Crippen LogP contribution in [0.4, 0.5) is 5.69 Å². The number of methoxy groups -OCH3 is 1. The number of nitrogens with one attached hydrogen (secondary N) is 1. The number of halogens is 1. The summed E-state index contributed by atoms with van der Waals surface area (Å²) in [6.45, 7) is 5.91. The van der Waals surface area contributed by atoms with Gasteiger partial charge in [0.25, 0.3) is 0 Å². The molecule has 0 aliphatic rings. The zero-order valence-electron chi connectivity index (χ0n) is 16.0. The molecule has 3 aromatic rings. The van der Waals surface area contributed by atoms with Gasteiger partial charge in [0.1, 0.15) is 5.75 Å². The molecule has 0 radical (unpaired) electrons. The zero-order chi connectivity index (χ0) is 20.3. The average Bonchev–Trinajstić information content (AvgIpc) is 3.13. The maximum atomic E-state index is 12.4. The van der Waals surface area contributed by atoms with E-state index in [1.54, 1.807) is 16.8 Å². The number of carbonyl (C=O) groups is 1. The number of benzene rings is 2. The van der Waals surface area contributed by atoms with E-state index in [9.17, 15) is 4.79 Å². The van der Waals surface area contributed by atoms with Crippen molar-refractivity contribution in [3.8, 4) is 11.4 Å². The summed E-state index contributed by atoms with van der Waals surface area (Å²) in [5.74, 6) is 0.463. The first-order valence-electron chi connectivity index (χ1n) is 8.52. The topological polar surface area (TPSA) is 81.9 Å². The number of nitrogens with zero attached hydrogens (tertiary/aromatic N) is 4. The fourth-order valence-electron chi connectivity index (χ4n) is 2.63. The van der Waals surface area contributed by atoms with E-state index in [2.05, 4.69) is 20.8 Å². The van der Waals surface area contributed by atoms with Gasteiger partial charge in [-0.3, -0.25) is 4.79 Å². The highest BCUT2D eigenvalue weighted by atomic mass is 35.5. The lowest BCUT2D eigenvalue weighted by atomic mass is 10.1. The minimum atomic E-state index is -0.194. The molecule has 7 nitrogen and oxygen atoms in total. The second-order valence-electron chi connectivity index (χ2n) is 6.23. The number of rotatable bonds is 6. The molecule has 0 atom stereocenters. The largest absolute Gasteiger partial charge is 0.495 e. The molecule has 1 heterocycles. The summed E-state index contributed by atoms with van der Waals surface area (Å²) >= 11 is 7.37. The molecule has 0 unspecified atom stereocenters. The molecule has 1 aromatic heterocycles. The maximum absolute atomic E-state index is 12.4. The van der Waals surface area contributed by atoms with Gasteiger partial charge < -0.3 is 10.1 Å². The molecule has 0 bridgehead atoms. The van der Waals surface area contributed by atoms with Gasteiger partial charge in [-0.25, -0.2) is 0 Å². The first-order chi connectivity index (χ1) is 13.4. The lowest BCUT2D eigenvalue weighted by Crippen LogP contribution is -2.15. The molecule has 1 N–H and O–H groups in total. The first kappa shape index (κ1) is 20.2. The van der Waals surface area contributed by atoms with Crippen molar-refractivity contribution in [2.45, 2.75) is 25.9 Å². The molecule has 3 rings (SSSR count). The van der Waals surface area contributed by atoms with E-state index in [0.717, 1.165) is 22.4 Å². The van der Waals surface area contributed by atoms with Crippen LogP contribution in [0.2, 0.25) is 5.02 Å². The maximum Gasteiger partial charge on any atom is 0.234 e. The summed E-state index contributed by atoms with van der Waals surface area (Å²) in [4.78, 5) is 12.4. The molecule has 0 aliphatic heterocycles. The predicted octanol–water partition coefficient (Wildman–Crippen LogP) is 3.98. The second kappa shape index (κ2) is 8.62. The number of ether oxygens (including phenoxy) is 1. The SMILES string of the molecule is COc1cc(Cl)c(C)cc1NC(=O)CSc1nnnn1-c1cccc(C)c1C. The van der Waals surface area contributed by atoms with E-state index in [1.165, 1.54) is 18.9 Å². The molecule has 0 aliphatic carbocycles. The molecule has 0 saturated heterocycles. The smallest absolute Gasteiger partial charge is 0.234 e. The van der Waals surface area contributed by atoms with Crippen LogP contribution < -0.4 is 10.1 Å². The third-order valence-corrected chi connectivity index (χ3v) is 5.66. The van der Waals surface area contributed by atoms with Crippen LogP contribution in [0.5, 0.6) is 5.75 Å². The van der Waals surface area contributed by atoms with Crippen molar-refractivity contribution in [2.75, 3.05) is 18.2 Å². The van der Waals surface area contributed by atoms with E-state index < -0.39 is 0 Å². The first-order valence-corrected chi connectivity index (χ1v) is 9.88. The normalized spacial score (nSPS) is 10.8. The summed E-state index contributed by atoms with van der Waals surface area (Å²) < 4.78 is 6.94. The van der Waals surface area contributed by atoms with Crippen LogP contribution in [-0.4, -0.2) is 39.0 Å². The Balaban J connectivity index is 1.72. The number of hydrogen-bond donors (Lipinski definition) is 1. The fraction of sp³-hybridized carbons (Fsp3) is 0.263. The number of aryl methyl sites for hydroxylation is 2. The van der Waals surface area contributed by atoms with Gasteiger partial charge in [0.2, 0.25) is 11.1 Å². The molecular weight excluding hydrogens is 398 g/mol. The highest BCUT2D eigenvalue weighted by molar-refractivity contribution is 7.99. The van der Waals surface area contributed by atoms with E-state index in [4.69, 9.17) is 16.3 Å². The third kappa shape index (κ3) is 4.28. The molecular formula is C19H20ClN5O2S. The Labute approximate surface area is 172 Å². The van der Waals surface area contributed by atoms with Crippen molar-refractivity contribution in [2.24, 2.45) is 0 Å². The number of thioether (sulfide) groups is 1. The summed E-state index contributed by atoms with van der Waals surface area (Å²) in [6, 6.07) is 9.40. The van der Waals surface area contributed by atoms with Gasteiger partial charge in [-0.05, 0) is 60.0 Å². The van der Waals surface area contributed by atoms with Gasteiger partial charge in [0, 0.05) is 11.1 Å². The fourth-order valence-corrected chi connectivity index (χ4v) is 3.47. The van der Waals surface area contributed by atoms with Crippen LogP contribution in [0, 0.1) is 20.8 Å². The van der Waals surface area contributed by atoms with Crippen LogP contribution in [-0.2, 0) is 4.79 Å². The van der Waals surface area contributed by atoms with Gasteiger partial charge in [-0.2, -0.15) is 4.68 Å². The van der Waals surface area contributed by atoms with Gasteiger partial charge in [-0.15, -0.1) is 5.10 Å². The molecule has 28 heavy (non-hydrogen) atoms. The van der Waals surface area contributed by atoms with Gasteiger partial charge in [-0.1, -0.05) is 35.5 Å². The van der Waals surface area contributed by atoms with Crippen LogP contribution >= 0.6 is 23.4 Å². The van der Waals surface area contributed by atoms with Gasteiger partial charge >= 0.3 is 0 Å². The Morgan fingerprint density at radius 3 is 2.79 bits per heavy atom. The van der Waals surface area contributed by atoms with Crippen LogP contribution in [0.25, 0.3) is 5.69 Å². The molecule has 0 saturated carbocycles. The van der Waals surface area contributed by atoms with Crippen LogP contribution in [0.1, 0.15) is 16.7 Å². The third-order valence-electron chi connectivity index (χ3n) is 4.33. The summed E-state index contributed by atoms with van der Waals surface area (Å²) in [5.41, 5.74) is 4.55. The minimum Gasteiger partial charge on any atom is -0.495 e. The average molecular weight is 418 g/mol. The highest BCUT2D eigenvalue weighted by Crippen LogP contribution is 2.31. The molecule has 9 heteroatoms. The summed E-state index contributed by atoms with van der Waals surface area (Å²) in [5, 5.41) is 15.8. The van der Waals surface area contributed by atoms with E-state index in [1.807, 2.05) is 39.0 Å². The quantitative estimate of drug-likeness (QED) is 0.611. The monoisotopic (exact) mass is 417 g/mol. The lowest BCUT2D eigenvalue weighted by molar-refractivity contribution is -0.113. The predicted molar refractivity (Wildman–Crippen MR) is 111 cm³/mol. The number of tetrazole rings is 1. The van der Waals surface area contributed by atoms with Gasteiger partial charge in [0.15, 0.2) is 0 Å². The number of anilines is 1. The number of carbonyl (C=O) groups excluding carboxylic acids is 1. The second-order valence-corrected chi connectivity index (χ2v) is 7.58. The Bertz CT molecular complexity index is 1020.